The molecule has 0 saturated heterocycles. The summed E-state index contributed by atoms with van der Waals surface area (Å²) in [5.74, 6) is 0.767. The van der Waals surface area contributed by atoms with Crippen LogP contribution in [0.4, 0.5) is 0 Å². The summed E-state index contributed by atoms with van der Waals surface area (Å²) in [5.41, 5.74) is 4.18. The van der Waals surface area contributed by atoms with E-state index >= 15 is 0 Å². The molecule has 0 radical (unpaired) electrons. The number of hydrogen-bond acceptors (Lipinski definition) is 4. The number of rotatable bonds is 6. The number of carbonyl (C=O) groups is 1. The van der Waals surface area contributed by atoms with Gasteiger partial charge in [0.15, 0.2) is 18.1 Å². The summed E-state index contributed by atoms with van der Waals surface area (Å²) >= 11 is 2.23. The van der Waals surface area contributed by atoms with Gasteiger partial charge in [0, 0.05) is 3.57 Å². The van der Waals surface area contributed by atoms with Gasteiger partial charge in [-0.1, -0.05) is 24.3 Å². The second-order valence-electron chi connectivity index (χ2n) is 4.68. The van der Waals surface area contributed by atoms with E-state index in [-0.39, 0.29) is 12.5 Å². The number of para-hydroxylation sites is 2. The maximum atomic E-state index is 11.8. The Morgan fingerprint density at radius 1 is 1.17 bits per heavy atom. The fraction of sp³-hybridized carbons (Fsp3) is 0.176. The monoisotopic (exact) mass is 424 g/mol. The Kier molecular flexibility index (Phi) is 6.40. The van der Waals surface area contributed by atoms with Crippen molar-refractivity contribution in [3.63, 3.8) is 0 Å². The van der Waals surface area contributed by atoms with Gasteiger partial charge < -0.3 is 9.47 Å². The minimum Gasteiger partial charge on any atom is -0.493 e. The molecule has 1 N–H and O–H groups in total. The molecule has 0 aromatic heterocycles. The zero-order valence-electron chi connectivity index (χ0n) is 12.9. The topological polar surface area (TPSA) is 59.9 Å². The summed E-state index contributed by atoms with van der Waals surface area (Å²) in [7, 11) is 1.55. The molecule has 0 fully saturated rings. The Hall–Kier alpha value is -2.09. The lowest BCUT2D eigenvalue weighted by Gasteiger charge is -2.09. The molecule has 0 atom stereocenters. The van der Waals surface area contributed by atoms with Gasteiger partial charge in [-0.25, -0.2) is 5.43 Å². The van der Waals surface area contributed by atoms with Crippen LogP contribution in [0.25, 0.3) is 0 Å². The van der Waals surface area contributed by atoms with Crippen LogP contribution in [0, 0.1) is 3.57 Å². The van der Waals surface area contributed by atoms with Crippen molar-refractivity contribution in [3.8, 4) is 11.5 Å². The van der Waals surface area contributed by atoms with Crippen LogP contribution in [0.3, 0.4) is 0 Å². The highest BCUT2D eigenvalue weighted by Gasteiger charge is 2.06. The number of amides is 1. The lowest BCUT2D eigenvalue weighted by atomic mass is 10.1. The van der Waals surface area contributed by atoms with Gasteiger partial charge in [-0.15, -0.1) is 0 Å². The smallest absolute Gasteiger partial charge is 0.277 e. The fourth-order valence-electron chi connectivity index (χ4n) is 1.84. The van der Waals surface area contributed by atoms with E-state index in [4.69, 9.17) is 9.47 Å². The van der Waals surface area contributed by atoms with Crippen LogP contribution in [0.1, 0.15) is 12.5 Å². The summed E-state index contributed by atoms with van der Waals surface area (Å²) in [5, 5.41) is 4.09. The predicted octanol–water partition coefficient (Wildman–Crippen LogP) is 3.22. The zero-order chi connectivity index (χ0) is 16.7. The Morgan fingerprint density at radius 3 is 2.61 bits per heavy atom. The highest BCUT2D eigenvalue weighted by atomic mass is 127. The lowest BCUT2D eigenvalue weighted by molar-refractivity contribution is -0.123. The van der Waals surface area contributed by atoms with Crippen molar-refractivity contribution < 1.29 is 14.3 Å². The molecule has 0 aliphatic heterocycles. The number of methoxy groups -OCH3 is 1. The summed E-state index contributed by atoms with van der Waals surface area (Å²) in [6.07, 6.45) is 0. The van der Waals surface area contributed by atoms with E-state index in [1.165, 1.54) is 0 Å². The summed E-state index contributed by atoms with van der Waals surface area (Å²) in [6, 6.07) is 15.0. The average Bonchev–Trinajstić information content (AvgIpc) is 2.58. The number of hydrogen-bond donors (Lipinski definition) is 1. The molecule has 0 bridgehead atoms. The van der Waals surface area contributed by atoms with Crippen molar-refractivity contribution in [2.24, 2.45) is 5.10 Å². The Morgan fingerprint density at radius 2 is 1.91 bits per heavy atom. The third-order valence-corrected chi connectivity index (χ3v) is 3.69. The Labute approximate surface area is 148 Å². The standard InChI is InChI=1S/C17H17IN2O3/c1-12(13-6-5-7-14(18)10-13)19-20-17(21)11-23-16-9-4-3-8-15(16)22-2/h3-10H,11H2,1-2H3,(H,20,21)/b19-12-. The molecule has 2 aromatic carbocycles. The molecule has 5 nitrogen and oxygen atoms in total. The zero-order valence-corrected chi connectivity index (χ0v) is 15.0. The Balaban J connectivity index is 1.91. The van der Waals surface area contributed by atoms with Crippen molar-refractivity contribution in [1.82, 2.24) is 5.43 Å². The van der Waals surface area contributed by atoms with Gasteiger partial charge in [0.05, 0.1) is 12.8 Å². The summed E-state index contributed by atoms with van der Waals surface area (Å²) < 4.78 is 11.7. The molecule has 23 heavy (non-hydrogen) atoms. The maximum Gasteiger partial charge on any atom is 0.277 e. The summed E-state index contributed by atoms with van der Waals surface area (Å²) in [4.78, 5) is 11.8. The normalized spacial score (nSPS) is 11.0. The molecule has 0 unspecified atom stereocenters. The number of ether oxygens (including phenoxy) is 2. The van der Waals surface area contributed by atoms with Crippen LogP contribution >= 0.6 is 22.6 Å². The molecule has 2 aromatic rings. The SMILES string of the molecule is COc1ccccc1OCC(=O)N/N=C(/C)c1cccc(I)c1. The first kappa shape index (κ1) is 17.3. The van der Waals surface area contributed by atoms with E-state index in [0.29, 0.717) is 11.5 Å². The van der Waals surface area contributed by atoms with Gasteiger partial charge in [-0.3, -0.25) is 4.79 Å². The van der Waals surface area contributed by atoms with Crippen LogP contribution in [0.2, 0.25) is 0 Å². The van der Waals surface area contributed by atoms with E-state index in [9.17, 15) is 4.79 Å². The van der Waals surface area contributed by atoms with Crippen molar-refractivity contribution in [1.29, 1.82) is 0 Å². The molecule has 1 amide bonds. The van der Waals surface area contributed by atoms with Crippen LogP contribution in [-0.4, -0.2) is 25.3 Å². The van der Waals surface area contributed by atoms with E-state index in [1.54, 1.807) is 19.2 Å². The molecule has 120 valence electrons. The largest absolute Gasteiger partial charge is 0.493 e. The number of carbonyl (C=O) groups excluding carboxylic acids is 1. The second-order valence-corrected chi connectivity index (χ2v) is 5.93. The highest BCUT2D eigenvalue weighted by molar-refractivity contribution is 14.1. The van der Waals surface area contributed by atoms with Crippen molar-refractivity contribution in [2.45, 2.75) is 6.92 Å². The first-order valence-electron chi connectivity index (χ1n) is 6.95. The van der Waals surface area contributed by atoms with Gasteiger partial charge in [-0.05, 0) is 59.3 Å². The van der Waals surface area contributed by atoms with E-state index in [2.05, 4.69) is 33.1 Å². The predicted molar refractivity (Wildman–Crippen MR) is 98.0 cm³/mol. The third-order valence-electron chi connectivity index (χ3n) is 3.02. The molecule has 6 heteroatoms. The molecule has 0 heterocycles. The minimum atomic E-state index is -0.333. The quantitative estimate of drug-likeness (QED) is 0.440. The van der Waals surface area contributed by atoms with E-state index < -0.39 is 0 Å². The number of benzene rings is 2. The second kappa shape index (κ2) is 8.52. The van der Waals surface area contributed by atoms with E-state index in [1.807, 2.05) is 43.3 Å². The van der Waals surface area contributed by atoms with Crippen LogP contribution in [0.5, 0.6) is 11.5 Å². The molecule has 0 aliphatic carbocycles. The van der Waals surface area contributed by atoms with Crippen molar-refractivity contribution in [2.75, 3.05) is 13.7 Å². The van der Waals surface area contributed by atoms with Crippen LogP contribution in [-0.2, 0) is 4.79 Å². The lowest BCUT2D eigenvalue weighted by Crippen LogP contribution is -2.25. The van der Waals surface area contributed by atoms with Crippen molar-refractivity contribution in [3.05, 3.63) is 57.7 Å². The number of halogens is 1. The molecule has 0 saturated carbocycles. The molecule has 2 rings (SSSR count). The van der Waals surface area contributed by atoms with Gasteiger partial charge >= 0.3 is 0 Å². The molecular weight excluding hydrogens is 407 g/mol. The number of nitrogens with one attached hydrogen (secondary N) is 1. The van der Waals surface area contributed by atoms with Gasteiger partial charge in [0.2, 0.25) is 0 Å². The number of nitrogens with zero attached hydrogens (tertiary/aromatic N) is 1. The third kappa shape index (κ3) is 5.24. The van der Waals surface area contributed by atoms with Gasteiger partial charge in [-0.2, -0.15) is 5.10 Å². The Bertz CT molecular complexity index is 716. The van der Waals surface area contributed by atoms with Gasteiger partial charge in [0.1, 0.15) is 0 Å². The average molecular weight is 424 g/mol. The summed E-state index contributed by atoms with van der Waals surface area (Å²) in [6.45, 7) is 1.70. The van der Waals surface area contributed by atoms with E-state index in [0.717, 1.165) is 14.8 Å². The van der Waals surface area contributed by atoms with Crippen LogP contribution in [0.15, 0.2) is 53.6 Å². The van der Waals surface area contributed by atoms with Crippen molar-refractivity contribution >= 4 is 34.2 Å². The van der Waals surface area contributed by atoms with Gasteiger partial charge in [0.25, 0.3) is 5.91 Å². The van der Waals surface area contributed by atoms with Crippen LogP contribution < -0.4 is 14.9 Å². The first-order chi connectivity index (χ1) is 11.1. The molecule has 0 spiro atoms. The molecule has 0 aliphatic rings. The fourth-order valence-corrected chi connectivity index (χ4v) is 2.38. The maximum absolute atomic E-state index is 11.8. The number of hydrazone groups is 1. The first-order valence-corrected chi connectivity index (χ1v) is 8.03. The minimum absolute atomic E-state index is 0.135. The highest BCUT2D eigenvalue weighted by Crippen LogP contribution is 2.25. The molecular formula is C17H17IN2O3.